The Morgan fingerprint density at radius 3 is 2.55 bits per heavy atom. The highest BCUT2D eigenvalue weighted by Crippen LogP contribution is 2.26. The van der Waals surface area contributed by atoms with Crippen molar-refractivity contribution < 1.29 is 10.2 Å². The van der Waals surface area contributed by atoms with Gasteiger partial charge in [-0.05, 0) is 37.5 Å². The second kappa shape index (κ2) is 7.62. The summed E-state index contributed by atoms with van der Waals surface area (Å²) in [6.07, 6.45) is -0.0513. The van der Waals surface area contributed by atoms with Gasteiger partial charge < -0.3 is 15.5 Å². The summed E-state index contributed by atoms with van der Waals surface area (Å²) < 4.78 is 0. The van der Waals surface area contributed by atoms with Gasteiger partial charge in [-0.15, -0.1) is 0 Å². The van der Waals surface area contributed by atoms with E-state index in [2.05, 4.69) is 19.2 Å². The van der Waals surface area contributed by atoms with Gasteiger partial charge in [0.25, 0.3) is 0 Å². The Balaban J connectivity index is 2.51. The van der Waals surface area contributed by atoms with Gasteiger partial charge in [-0.3, -0.25) is 0 Å². The van der Waals surface area contributed by atoms with Crippen LogP contribution in [0.15, 0.2) is 18.2 Å². The van der Waals surface area contributed by atoms with Crippen molar-refractivity contribution in [2.45, 2.75) is 38.9 Å². The molecule has 0 bridgehead atoms. The lowest BCUT2D eigenvalue weighted by Gasteiger charge is -2.26. The third kappa shape index (κ3) is 5.98. The molecule has 114 valence electrons. The minimum Gasteiger partial charge on any atom is -0.389 e. The monoisotopic (exact) mass is 319 g/mol. The van der Waals surface area contributed by atoms with E-state index in [1.54, 1.807) is 25.1 Å². The summed E-state index contributed by atoms with van der Waals surface area (Å²) in [4.78, 5) is 0. The number of nitrogens with one attached hydrogen (secondary N) is 1. The Morgan fingerprint density at radius 1 is 1.30 bits per heavy atom. The molecular formula is C15H23Cl2NO2. The standard InChI is InChI=1S/C15H23Cl2NO2/c1-10(2)7-15(3,20)9-18-8-14(19)12-6-11(16)4-5-13(12)17/h4-6,10,14,18-20H,7-9H2,1-3H3. The van der Waals surface area contributed by atoms with Crippen LogP contribution >= 0.6 is 23.2 Å². The summed E-state index contributed by atoms with van der Waals surface area (Å²) in [5.74, 6) is 0.416. The smallest absolute Gasteiger partial charge is 0.0929 e. The van der Waals surface area contributed by atoms with Gasteiger partial charge >= 0.3 is 0 Å². The highest BCUT2D eigenvalue weighted by atomic mass is 35.5. The van der Waals surface area contributed by atoms with Gasteiger partial charge in [-0.2, -0.15) is 0 Å². The first kappa shape index (κ1) is 17.7. The molecule has 1 aromatic carbocycles. The van der Waals surface area contributed by atoms with Gasteiger partial charge in [0.05, 0.1) is 11.7 Å². The maximum Gasteiger partial charge on any atom is 0.0929 e. The van der Waals surface area contributed by atoms with E-state index in [1.165, 1.54) is 0 Å². The molecule has 20 heavy (non-hydrogen) atoms. The van der Waals surface area contributed by atoms with E-state index >= 15 is 0 Å². The SMILES string of the molecule is CC(C)CC(C)(O)CNCC(O)c1cc(Cl)ccc1Cl. The zero-order valence-electron chi connectivity index (χ0n) is 12.2. The highest BCUT2D eigenvalue weighted by molar-refractivity contribution is 6.33. The van der Waals surface area contributed by atoms with Gasteiger partial charge in [0, 0.05) is 28.7 Å². The summed E-state index contributed by atoms with van der Waals surface area (Å²) >= 11 is 11.9. The lowest BCUT2D eigenvalue weighted by molar-refractivity contribution is 0.0352. The van der Waals surface area contributed by atoms with Gasteiger partial charge in [-0.1, -0.05) is 37.0 Å². The molecule has 5 heteroatoms. The van der Waals surface area contributed by atoms with Crippen molar-refractivity contribution in [1.82, 2.24) is 5.32 Å². The molecule has 0 aliphatic heterocycles. The predicted octanol–water partition coefficient (Wildman–Crippen LogP) is 3.41. The molecule has 1 rings (SSSR count). The molecule has 0 saturated carbocycles. The first-order valence-electron chi connectivity index (χ1n) is 6.77. The van der Waals surface area contributed by atoms with Gasteiger partial charge in [-0.25, -0.2) is 0 Å². The quantitative estimate of drug-likeness (QED) is 0.721. The molecule has 3 N–H and O–H groups in total. The number of hydrogen-bond donors (Lipinski definition) is 3. The summed E-state index contributed by atoms with van der Waals surface area (Å²) in [7, 11) is 0. The van der Waals surface area contributed by atoms with Gasteiger partial charge in [0.2, 0.25) is 0 Å². The van der Waals surface area contributed by atoms with Crippen molar-refractivity contribution in [3.8, 4) is 0 Å². The third-order valence-corrected chi connectivity index (χ3v) is 3.59. The van der Waals surface area contributed by atoms with Crippen molar-refractivity contribution in [2.24, 2.45) is 5.92 Å². The molecule has 0 spiro atoms. The van der Waals surface area contributed by atoms with Crippen molar-refractivity contribution in [3.63, 3.8) is 0 Å². The van der Waals surface area contributed by atoms with Crippen molar-refractivity contribution >= 4 is 23.2 Å². The fourth-order valence-electron chi connectivity index (χ4n) is 2.31. The predicted molar refractivity (Wildman–Crippen MR) is 84.4 cm³/mol. The molecule has 0 aliphatic carbocycles. The molecule has 3 nitrogen and oxygen atoms in total. The fraction of sp³-hybridized carbons (Fsp3) is 0.600. The number of benzene rings is 1. The minimum absolute atomic E-state index is 0.314. The lowest BCUT2D eigenvalue weighted by Crippen LogP contribution is -2.40. The lowest BCUT2D eigenvalue weighted by atomic mass is 9.94. The van der Waals surface area contributed by atoms with Crippen LogP contribution in [0.5, 0.6) is 0 Å². The van der Waals surface area contributed by atoms with Crippen LogP contribution in [0.4, 0.5) is 0 Å². The number of hydrogen-bond acceptors (Lipinski definition) is 3. The Morgan fingerprint density at radius 2 is 1.95 bits per heavy atom. The highest BCUT2D eigenvalue weighted by Gasteiger charge is 2.22. The molecule has 0 saturated heterocycles. The average Bonchev–Trinajstić information content (AvgIpc) is 2.30. The van der Waals surface area contributed by atoms with E-state index in [4.69, 9.17) is 23.2 Å². The first-order chi connectivity index (χ1) is 9.21. The Bertz CT molecular complexity index is 436. The van der Waals surface area contributed by atoms with Crippen molar-refractivity contribution in [2.75, 3.05) is 13.1 Å². The average molecular weight is 320 g/mol. The van der Waals surface area contributed by atoms with Crippen LogP contribution < -0.4 is 5.32 Å². The van der Waals surface area contributed by atoms with Crippen LogP contribution in [0.2, 0.25) is 10.0 Å². The maximum atomic E-state index is 10.2. The molecule has 0 aromatic heterocycles. The summed E-state index contributed by atoms with van der Waals surface area (Å²) in [6.45, 7) is 6.65. The van der Waals surface area contributed by atoms with E-state index in [0.717, 1.165) is 0 Å². The van der Waals surface area contributed by atoms with Crippen LogP contribution in [0, 0.1) is 5.92 Å². The van der Waals surface area contributed by atoms with Crippen LogP contribution in [-0.2, 0) is 0 Å². The van der Waals surface area contributed by atoms with Crippen molar-refractivity contribution in [1.29, 1.82) is 0 Å². The van der Waals surface area contributed by atoms with Crippen LogP contribution in [0.1, 0.15) is 38.9 Å². The topological polar surface area (TPSA) is 52.5 Å². The van der Waals surface area contributed by atoms with Crippen molar-refractivity contribution in [3.05, 3.63) is 33.8 Å². The third-order valence-electron chi connectivity index (χ3n) is 3.01. The van der Waals surface area contributed by atoms with Crippen LogP contribution in [-0.4, -0.2) is 28.9 Å². The van der Waals surface area contributed by atoms with E-state index in [-0.39, 0.29) is 0 Å². The molecule has 0 heterocycles. The zero-order chi connectivity index (χ0) is 15.3. The molecule has 2 unspecified atom stereocenters. The Hall–Kier alpha value is -0.320. The summed E-state index contributed by atoms with van der Waals surface area (Å²) in [6, 6.07) is 5.00. The van der Waals surface area contributed by atoms with E-state index < -0.39 is 11.7 Å². The second-order valence-electron chi connectivity index (χ2n) is 5.91. The Kier molecular flexibility index (Phi) is 6.76. The minimum atomic E-state index is -0.786. The molecular weight excluding hydrogens is 297 g/mol. The molecule has 2 atom stereocenters. The molecule has 0 amide bonds. The molecule has 1 aromatic rings. The normalized spacial score (nSPS) is 16.2. The van der Waals surface area contributed by atoms with Crippen LogP contribution in [0.3, 0.4) is 0 Å². The molecule has 0 aliphatic rings. The zero-order valence-corrected chi connectivity index (χ0v) is 13.7. The summed E-state index contributed by atoms with van der Waals surface area (Å²) in [5.41, 5.74) is -0.193. The molecule has 0 fully saturated rings. The number of aliphatic hydroxyl groups is 2. The molecule has 0 radical (unpaired) electrons. The maximum absolute atomic E-state index is 10.2. The van der Waals surface area contributed by atoms with Gasteiger partial charge in [0.15, 0.2) is 0 Å². The Labute approximate surface area is 130 Å². The first-order valence-corrected chi connectivity index (χ1v) is 7.53. The van der Waals surface area contributed by atoms with Crippen LogP contribution in [0.25, 0.3) is 0 Å². The van der Waals surface area contributed by atoms with E-state index in [1.807, 2.05) is 0 Å². The number of halogens is 2. The number of aliphatic hydroxyl groups excluding tert-OH is 1. The van der Waals surface area contributed by atoms with E-state index in [9.17, 15) is 10.2 Å². The van der Waals surface area contributed by atoms with Gasteiger partial charge in [0.1, 0.15) is 0 Å². The summed E-state index contributed by atoms with van der Waals surface area (Å²) in [5, 5.41) is 24.4. The second-order valence-corrected chi connectivity index (χ2v) is 6.75. The number of rotatable bonds is 7. The van der Waals surface area contributed by atoms with E-state index in [0.29, 0.717) is 41.0 Å². The fourth-order valence-corrected chi connectivity index (χ4v) is 2.73. The largest absolute Gasteiger partial charge is 0.389 e.